The maximum absolute atomic E-state index is 11.8. The van der Waals surface area contributed by atoms with Crippen molar-refractivity contribution in [3.05, 3.63) is 0 Å². The van der Waals surface area contributed by atoms with Gasteiger partial charge in [-0.25, -0.2) is 0 Å². The summed E-state index contributed by atoms with van der Waals surface area (Å²) >= 11 is 0. The van der Waals surface area contributed by atoms with E-state index in [1.807, 2.05) is 14.1 Å². The van der Waals surface area contributed by atoms with Gasteiger partial charge in [-0.15, -0.1) is 0 Å². The summed E-state index contributed by atoms with van der Waals surface area (Å²) in [4.78, 5) is 2.19. The molecule has 0 bridgehead atoms. The molecule has 3 nitrogen and oxygen atoms in total. The van der Waals surface area contributed by atoms with Gasteiger partial charge < -0.3 is 15.0 Å². The van der Waals surface area contributed by atoms with Crippen LogP contribution in [0.5, 0.6) is 0 Å². The minimum atomic E-state index is -4.22. The first kappa shape index (κ1) is 14.7. The van der Waals surface area contributed by atoms with Gasteiger partial charge in [0.1, 0.15) is 6.61 Å². The van der Waals surface area contributed by atoms with E-state index in [4.69, 9.17) is 0 Å². The Morgan fingerprint density at radius 2 is 1.94 bits per heavy atom. The average Bonchev–Trinajstić information content (AvgIpc) is 2.11. The molecule has 1 rings (SSSR count). The molecule has 1 aliphatic rings. The predicted molar refractivity (Wildman–Crippen MR) is 60.0 cm³/mol. The third-order valence-corrected chi connectivity index (χ3v) is 3.38. The number of alkyl halides is 3. The van der Waals surface area contributed by atoms with Gasteiger partial charge in [-0.05, 0) is 33.4 Å². The van der Waals surface area contributed by atoms with E-state index in [1.165, 1.54) is 6.42 Å². The molecule has 1 N–H and O–H groups in total. The van der Waals surface area contributed by atoms with Crippen molar-refractivity contribution >= 4 is 0 Å². The van der Waals surface area contributed by atoms with Crippen LogP contribution in [0.1, 0.15) is 19.3 Å². The van der Waals surface area contributed by atoms with Crippen LogP contribution in [0.2, 0.25) is 0 Å². The van der Waals surface area contributed by atoms with Gasteiger partial charge >= 0.3 is 6.18 Å². The van der Waals surface area contributed by atoms with Crippen LogP contribution in [0.4, 0.5) is 13.2 Å². The van der Waals surface area contributed by atoms with Gasteiger partial charge in [0.25, 0.3) is 0 Å². The average molecular weight is 254 g/mol. The zero-order chi connectivity index (χ0) is 12.9. The lowest BCUT2D eigenvalue weighted by molar-refractivity contribution is -0.173. The summed E-state index contributed by atoms with van der Waals surface area (Å²) in [5.74, 6) is 0. The third-order valence-electron chi connectivity index (χ3n) is 3.38. The summed E-state index contributed by atoms with van der Waals surface area (Å²) < 4.78 is 39.8. The van der Waals surface area contributed by atoms with E-state index in [2.05, 4.69) is 15.0 Å². The SMILES string of the molecule is CN(C)C1(CNCCOCC(F)(F)F)CCC1. The molecular formula is C11H21F3N2O. The molecule has 0 saturated heterocycles. The quantitative estimate of drug-likeness (QED) is 0.699. The lowest BCUT2D eigenvalue weighted by atomic mass is 9.75. The number of rotatable bonds is 7. The summed E-state index contributed by atoms with van der Waals surface area (Å²) in [6, 6.07) is 0. The van der Waals surface area contributed by atoms with Crippen molar-refractivity contribution in [3.8, 4) is 0 Å². The summed E-state index contributed by atoms with van der Waals surface area (Å²) in [7, 11) is 4.09. The van der Waals surface area contributed by atoms with E-state index in [1.54, 1.807) is 0 Å². The normalized spacial score (nSPS) is 19.4. The fraction of sp³-hybridized carbons (Fsp3) is 1.00. The number of hydrogen-bond donors (Lipinski definition) is 1. The first-order valence-electron chi connectivity index (χ1n) is 5.88. The van der Waals surface area contributed by atoms with Gasteiger partial charge in [0.2, 0.25) is 0 Å². The molecular weight excluding hydrogens is 233 g/mol. The second-order valence-corrected chi connectivity index (χ2v) is 4.82. The Kier molecular flexibility index (Phi) is 5.22. The van der Waals surface area contributed by atoms with Gasteiger partial charge in [0, 0.05) is 18.6 Å². The maximum atomic E-state index is 11.8. The number of halogens is 3. The first-order chi connectivity index (χ1) is 7.86. The summed E-state index contributed by atoms with van der Waals surface area (Å²) in [6.07, 6.45) is -0.698. The molecule has 0 aromatic carbocycles. The zero-order valence-corrected chi connectivity index (χ0v) is 10.4. The van der Waals surface area contributed by atoms with E-state index in [-0.39, 0.29) is 12.1 Å². The molecule has 0 aromatic heterocycles. The molecule has 0 aromatic rings. The lowest BCUT2D eigenvalue weighted by Gasteiger charge is -2.47. The lowest BCUT2D eigenvalue weighted by Crippen LogP contribution is -2.56. The summed E-state index contributed by atoms with van der Waals surface area (Å²) in [6.45, 7) is 0.220. The Labute approximate surface area is 100 Å². The molecule has 102 valence electrons. The smallest absolute Gasteiger partial charge is 0.371 e. The third kappa shape index (κ3) is 4.81. The van der Waals surface area contributed by atoms with E-state index < -0.39 is 12.8 Å². The van der Waals surface area contributed by atoms with Gasteiger partial charge in [-0.3, -0.25) is 0 Å². The van der Waals surface area contributed by atoms with E-state index in [9.17, 15) is 13.2 Å². The molecule has 0 atom stereocenters. The van der Waals surface area contributed by atoms with Crippen molar-refractivity contribution in [2.45, 2.75) is 31.0 Å². The predicted octanol–water partition coefficient (Wildman–Crippen LogP) is 1.64. The Balaban J connectivity index is 2.04. The van der Waals surface area contributed by atoms with Crippen molar-refractivity contribution in [1.29, 1.82) is 0 Å². The Hall–Kier alpha value is -0.330. The largest absolute Gasteiger partial charge is 0.411 e. The fourth-order valence-corrected chi connectivity index (χ4v) is 2.02. The topological polar surface area (TPSA) is 24.5 Å². The van der Waals surface area contributed by atoms with Crippen LogP contribution in [-0.4, -0.2) is 57.0 Å². The summed E-state index contributed by atoms with van der Waals surface area (Å²) in [5, 5.41) is 3.16. The van der Waals surface area contributed by atoms with Gasteiger partial charge in [0.05, 0.1) is 6.61 Å². The monoisotopic (exact) mass is 254 g/mol. The highest BCUT2D eigenvalue weighted by molar-refractivity contribution is 4.97. The number of nitrogens with one attached hydrogen (secondary N) is 1. The van der Waals surface area contributed by atoms with Gasteiger partial charge in [-0.2, -0.15) is 13.2 Å². The second kappa shape index (κ2) is 6.02. The first-order valence-corrected chi connectivity index (χ1v) is 5.88. The van der Waals surface area contributed by atoms with Crippen LogP contribution in [-0.2, 0) is 4.74 Å². The Morgan fingerprint density at radius 3 is 2.35 bits per heavy atom. The molecule has 0 aliphatic heterocycles. The minimum absolute atomic E-state index is 0.100. The Bertz CT molecular complexity index is 227. The van der Waals surface area contributed by atoms with Gasteiger partial charge in [-0.1, -0.05) is 0 Å². The van der Waals surface area contributed by atoms with Crippen LogP contribution < -0.4 is 5.32 Å². The van der Waals surface area contributed by atoms with Gasteiger partial charge in [0.15, 0.2) is 0 Å². The van der Waals surface area contributed by atoms with Crippen molar-refractivity contribution in [3.63, 3.8) is 0 Å². The van der Waals surface area contributed by atoms with Crippen LogP contribution in [0.15, 0.2) is 0 Å². The van der Waals surface area contributed by atoms with Crippen LogP contribution in [0.3, 0.4) is 0 Å². The second-order valence-electron chi connectivity index (χ2n) is 4.82. The Morgan fingerprint density at radius 1 is 1.29 bits per heavy atom. The summed E-state index contributed by atoms with van der Waals surface area (Å²) in [5.41, 5.74) is 0.198. The highest BCUT2D eigenvalue weighted by Crippen LogP contribution is 2.35. The number of likely N-dealkylation sites (N-methyl/N-ethyl adjacent to an activating group) is 1. The standard InChI is InChI=1S/C11H21F3N2O/c1-16(2)10(4-3-5-10)8-15-6-7-17-9-11(12,13)14/h15H,3-9H2,1-2H3. The van der Waals surface area contributed by atoms with E-state index >= 15 is 0 Å². The number of nitrogens with zero attached hydrogens (tertiary/aromatic N) is 1. The maximum Gasteiger partial charge on any atom is 0.411 e. The molecule has 1 fully saturated rings. The molecule has 0 amide bonds. The molecule has 0 unspecified atom stereocenters. The van der Waals surface area contributed by atoms with Crippen LogP contribution >= 0.6 is 0 Å². The number of ether oxygens (including phenoxy) is 1. The molecule has 0 heterocycles. The highest BCUT2D eigenvalue weighted by atomic mass is 19.4. The van der Waals surface area contributed by atoms with Crippen molar-refractivity contribution in [2.24, 2.45) is 0 Å². The van der Waals surface area contributed by atoms with Crippen molar-refractivity contribution in [1.82, 2.24) is 10.2 Å². The molecule has 0 radical (unpaired) electrons. The van der Waals surface area contributed by atoms with Crippen LogP contribution in [0, 0.1) is 0 Å². The minimum Gasteiger partial charge on any atom is -0.371 e. The van der Waals surface area contributed by atoms with Crippen molar-refractivity contribution in [2.75, 3.05) is 40.4 Å². The fourth-order valence-electron chi connectivity index (χ4n) is 2.02. The molecule has 17 heavy (non-hydrogen) atoms. The van der Waals surface area contributed by atoms with Crippen molar-refractivity contribution < 1.29 is 17.9 Å². The molecule has 0 spiro atoms. The van der Waals surface area contributed by atoms with Crippen LogP contribution in [0.25, 0.3) is 0 Å². The molecule has 1 saturated carbocycles. The van der Waals surface area contributed by atoms with E-state index in [0.29, 0.717) is 6.54 Å². The molecule has 1 aliphatic carbocycles. The molecule has 6 heteroatoms. The zero-order valence-electron chi connectivity index (χ0n) is 10.4. The highest BCUT2D eigenvalue weighted by Gasteiger charge is 2.38. The number of hydrogen-bond acceptors (Lipinski definition) is 3. The van der Waals surface area contributed by atoms with E-state index in [0.717, 1.165) is 19.4 Å².